The van der Waals surface area contributed by atoms with Crippen LogP contribution in [0.1, 0.15) is 38.2 Å². The number of carbonyl (C=O) groups excluding carboxylic acids is 1. The standard InChI is InChI=1S/C17H27N3O/c1-2-14-6-4-9-20(10-8-14)13-17(21)19-16-7-3-5-15(11-16)12-18/h3,5,7,11,14H,2,4,6,8-10,12-13,18H2,1H3,(H,19,21). The average Bonchev–Trinajstić information content (AvgIpc) is 2.72. The molecule has 0 aliphatic carbocycles. The molecular formula is C17H27N3O. The Morgan fingerprint density at radius 2 is 2.24 bits per heavy atom. The maximum Gasteiger partial charge on any atom is 0.238 e. The second-order valence-corrected chi connectivity index (χ2v) is 5.93. The maximum absolute atomic E-state index is 12.2. The SMILES string of the molecule is CCC1CCCN(CC(=O)Nc2cccc(CN)c2)CC1. The molecule has 4 heteroatoms. The van der Waals surface area contributed by atoms with E-state index >= 15 is 0 Å². The molecule has 1 heterocycles. The van der Waals surface area contributed by atoms with E-state index in [4.69, 9.17) is 5.73 Å². The number of hydrogen-bond donors (Lipinski definition) is 2. The van der Waals surface area contributed by atoms with Crippen molar-refractivity contribution in [1.29, 1.82) is 0 Å². The summed E-state index contributed by atoms with van der Waals surface area (Å²) in [6.07, 6.45) is 4.97. The van der Waals surface area contributed by atoms with Gasteiger partial charge in [-0.2, -0.15) is 0 Å². The predicted molar refractivity (Wildman–Crippen MR) is 87.0 cm³/mol. The van der Waals surface area contributed by atoms with Crippen LogP contribution in [-0.2, 0) is 11.3 Å². The minimum Gasteiger partial charge on any atom is -0.326 e. The van der Waals surface area contributed by atoms with Crippen molar-refractivity contribution in [2.24, 2.45) is 11.7 Å². The first-order valence-electron chi connectivity index (χ1n) is 8.02. The first-order chi connectivity index (χ1) is 10.2. The molecule has 2 rings (SSSR count). The highest BCUT2D eigenvalue weighted by molar-refractivity contribution is 5.92. The van der Waals surface area contributed by atoms with Crippen LogP contribution in [0.2, 0.25) is 0 Å². The third kappa shape index (κ3) is 5.14. The van der Waals surface area contributed by atoms with E-state index in [1.54, 1.807) is 0 Å². The molecule has 3 N–H and O–H groups in total. The minimum atomic E-state index is 0.0686. The third-order valence-corrected chi connectivity index (χ3v) is 4.33. The van der Waals surface area contributed by atoms with E-state index in [0.717, 1.165) is 30.3 Å². The van der Waals surface area contributed by atoms with Crippen molar-refractivity contribution in [3.63, 3.8) is 0 Å². The van der Waals surface area contributed by atoms with E-state index < -0.39 is 0 Å². The van der Waals surface area contributed by atoms with Gasteiger partial charge in [-0.05, 0) is 56.0 Å². The number of amides is 1. The lowest BCUT2D eigenvalue weighted by Crippen LogP contribution is -2.34. The highest BCUT2D eigenvalue weighted by atomic mass is 16.2. The summed E-state index contributed by atoms with van der Waals surface area (Å²) >= 11 is 0. The van der Waals surface area contributed by atoms with Crippen molar-refractivity contribution in [3.05, 3.63) is 29.8 Å². The number of benzene rings is 1. The van der Waals surface area contributed by atoms with Crippen LogP contribution in [0.15, 0.2) is 24.3 Å². The largest absolute Gasteiger partial charge is 0.326 e. The summed E-state index contributed by atoms with van der Waals surface area (Å²) in [7, 11) is 0. The van der Waals surface area contributed by atoms with Crippen molar-refractivity contribution in [2.75, 3.05) is 25.0 Å². The Morgan fingerprint density at radius 1 is 1.38 bits per heavy atom. The number of nitrogens with one attached hydrogen (secondary N) is 1. The molecule has 1 aliphatic rings. The molecule has 1 aliphatic heterocycles. The number of likely N-dealkylation sites (tertiary alicyclic amines) is 1. The molecule has 1 aromatic carbocycles. The Balaban J connectivity index is 1.83. The summed E-state index contributed by atoms with van der Waals surface area (Å²) in [5, 5.41) is 2.97. The Kier molecular flexibility index (Phi) is 6.21. The zero-order valence-electron chi connectivity index (χ0n) is 13.0. The van der Waals surface area contributed by atoms with Crippen molar-refractivity contribution in [1.82, 2.24) is 4.90 Å². The molecule has 0 spiro atoms. The summed E-state index contributed by atoms with van der Waals surface area (Å²) in [4.78, 5) is 14.4. The van der Waals surface area contributed by atoms with Gasteiger partial charge in [0, 0.05) is 12.2 Å². The van der Waals surface area contributed by atoms with Crippen LogP contribution >= 0.6 is 0 Å². The fourth-order valence-electron chi connectivity index (χ4n) is 2.97. The van der Waals surface area contributed by atoms with Crippen LogP contribution in [0.5, 0.6) is 0 Å². The monoisotopic (exact) mass is 289 g/mol. The summed E-state index contributed by atoms with van der Waals surface area (Å²) in [6.45, 7) is 5.32. The molecule has 4 nitrogen and oxygen atoms in total. The second-order valence-electron chi connectivity index (χ2n) is 5.93. The van der Waals surface area contributed by atoms with Gasteiger partial charge in [-0.15, -0.1) is 0 Å². The molecule has 1 aromatic rings. The summed E-state index contributed by atoms with van der Waals surface area (Å²) < 4.78 is 0. The summed E-state index contributed by atoms with van der Waals surface area (Å²) in [5.41, 5.74) is 7.49. The molecule has 0 radical (unpaired) electrons. The molecule has 0 aromatic heterocycles. The van der Waals surface area contributed by atoms with Gasteiger partial charge in [-0.3, -0.25) is 9.69 Å². The summed E-state index contributed by atoms with van der Waals surface area (Å²) in [6, 6.07) is 7.74. The van der Waals surface area contributed by atoms with Crippen molar-refractivity contribution in [2.45, 2.75) is 39.2 Å². The van der Waals surface area contributed by atoms with Crippen LogP contribution in [0.3, 0.4) is 0 Å². The molecule has 116 valence electrons. The number of nitrogens with two attached hydrogens (primary N) is 1. The lowest BCUT2D eigenvalue weighted by molar-refractivity contribution is -0.117. The van der Waals surface area contributed by atoms with Crippen LogP contribution in [0.4, 0.5) is 5.69 Å². The zero-order valence-corrected chi connectivity index (χ0v) is 13.0. The molecule has 1 atom stereocenters. The van der Waals surface area contributed by atoms with E-state index in [-0.39, 0.29) is 5.91 Å². The summed E-state index contributed by atoms with van der Waals surface area (Å²) in [5.74, 6) is 0.901. The Hall–Kier alpha value is -1.39. The fraction of sp³-hybridized carbons (Fsp3) is 0.588. The molecule has 0 saturated carbocycles. The maximum atomic E-state index is 12.2. The highest BCUT2D eigenvalue weighted by Gasteiger charge is 2.17. The van der Waals surface area contributed by atoms with Gasteiger partial charge in [0.2, 0.25) is 5.91 Å². The molecule has 1 amide bonds. The normalized spacial score (nSPS) is 20.0. The predicted octanol–water partition coefficient (Wildman–Crippen LogP) is 2.60. The van der Waals surface area contributed by atoms with E-state index in [2.05, 4.69) is 17.1 Å². The van der Waals surface area contributed by atoms with Gasteiger partial charge in [0.1, 0.15) is 0 Å². The second kappa shape index (κ2) is 8.15. The number of anilines is 1. The van der Waals surface area contributed by atoms with Gasteiger partial charge in [0.15, 0.2) is 0 Å². The van der Waals surface area contributed by atoms with Crippen molar-refractivity contribution < 1.29 is 4.79 Å². The molecule has 1 fully saturated rings. The topological polar surface area (TPSA) is 58.4 Å². The first-order valence-corrected chi connectivity index (χ1v) is 8.02. The smallest absolute Gasteiger partial charge is 0.238 e. The van der Waals surface area contributed by atoms with Gasteiger partial charge >= 0.3 is 0 Å². The minimum absolute atomic E-state index is 0.0686. The molecule has 0 bridgehead atoms. The van der Waals surface area contributed by atoms with Crippen LogP contribution in [0.25, 0.3) is 0 Å². The van der Waals surface area contributed by atoms with E-state index in [1.807, 2.05) is 24.3 Å². The van der Waals surface area contributed by atoms with Crippen molar-refractivity contribution in [3.8, 4) is 0 Å². The fourth-order valence-corrected chi connectivity index (χ4v) is 2.97. The van der Waals surface area contributed by atoms with Crippen LogP contribution in [0, 0.1) is 5.92 Å². The first kappa shape index (κ1) is 16.0. The van der Waals surface area contributed by atoms with Gasteiger partial charge < -0.3 is 11.1 Å². The van der Waals surface area contributed by atoms with Gasteiger partial charge in [0.05, 0.1) is 6.54 Å². The van der Waals surface area contributed by atoms with Crippen molar-refractivity contribution >= 4 is 11.6 Å². The quantitative estimate of drug-likeness (QED) is 0.876. The van der Waals surface area contributed by atoms with Crippen LogP contribution < -0.4 is 11.1 Å². The van der Waals surface area contributed by atoms with Gasteiger partial charge in [0.25, 0.3) is 0 Å². The average molecular weight is 289 g/mol. The van der Waals surface area contributed by atoms with Crippen LogP contribution in [-0.4, -0.2) is 30.4 Å². The Bertz CT molecular complexity index is 461. The van der Waals surface area contributed by atoms with E-state index in [0.29, 0.717) is 13.1 Å². The number of nitrogens with zero attached hydrogens (tertiary/aromatic N) is 1. The Labute approximate surface area is 127 Å². The van der Waals surface area contributed by atoms with E-state index in [1.165, 1.54) is 25.7 Å². The number of carbonyl (C=O) groups is 1. The molecule has 1 saturated heterocycles. The number of rotatable bonds is 5. The zero-order chi connectivity index (χ0) is 15.1. The number of hydrogen-bond acceptors (Lipinski definition) is 3. The molecular weight excluding hydrogens is 262 g/mol. The highest BCUT2D eigenvalue weighted by Crippen LogP contribution is 2.20. The van der Waals surface area contributed by atoms with Gasteiger partial charge in [-0.25, -0.2) is 0 Å². The van der Waals surface area contributed by atoms with E-state index in [9.17, 15) is 4.79 Å². The lowest BCUT2D eigenvalue weighted by Gasteiger charge is -2.19. The van der Waals surface area contributed by atoms with Gasteiger partial charge in [-0.1, -0.05) is 25.5 Å². The Morgan fingerprint density at radius 3 is 3.00 bits per heavy atom. The molecule has 21 heavy (non-hydrogen) atoms. The third-order valence-electron chi connectivity index (χ3n) is 4.33. The molecule has 1 unspecified atom stereocenters. The lowest BCUT2D eigenvalue weighted by atomic mass is 9.98.